The fraction of sp³-hybridized carbons (Fsp3) is 0.348. The second kappa shape index (κ2) is 8.25. The van der Waals surface area contributed by atoms with Crippen LogP contribution in [-0.4, -0.2) is 43.7 Å². The monoisotopic (exact) mass is 394 g/mol. The first-order chi connectivity index (χ1) is 14.1. The molecule has 0 aliphatic carbocycles. The Bertz CT molecular complexity index is 959. The van der Waals surface area contributed by atoms with Gasteiger partial charge in [-0.3, -0.25) is 14.6 Å². The number of quaternary nitrogens is 1. The average molecular weight is 394 g/mol. The summed E-state index contributed by atoms with van der Waals surface area (Å²) in [5.74, 6) is -2.26. The van der Waals surface area contributed by atoms with Crippen LogP contribution in [0.5, 0.6) is 0 Å². The van der Waals surface area contributed by atoms with Crippen LogP contribution < -0.4 is 9.80 Å². The van der Waals surface area contributed by atoms with Crippen LogP contribution in [0.15, 0.2) is 53.5 Å². The summed E-state index contributed by atoms with van der Waals surface area (Å²) < 4.78 is 14.4. The molecule has 6 heteroatoms. The number of halogens is 1. The van der Waals surface area contributed by atoms with E-state index in [1.165, 1.54) is 24.6 Å². The van der Waals surface area contributed by atoms with Crippen LogP contribution in [0, 0.1) is 5.82 Å². The van der Waals surface area contributed by atoms with Crippen LogP contribution in [0.4, 0.5) is 10.1 Å². The van der Waals surface area contributed by atoms with Gasteiger partial charge >= 0.3 is 0 Å². The normalized spacial score (nSPS) is 24.3. The van der Waals surface area contributed by atoms with E-state index in [0.717, 1.165) is 24.4 Å². The molecule has 0 saturated carbocycles. The number of likely N-dealkylation sites (tertiary alicyclic amines) is 1. The van der Waals surface area contributed by atoms with Crippen LogP contribution in [0.3, 0.4) is 0 Å². The van der Waals surface area contributed by atoms with E-state index in [4.69, 9.17) is 0 Å². The van der Waals surface area contributed by atoms with Gasteiger partial charge in [0.05, 0.1) is 31.2 Å². The van der Waals surface area contributed by atoms with E-state index in [9.17, 15) is 14.0 Å². The quantitative estimate of drug-likeness (QED) is 0.625. The Hall–Kier alpha value is -2.86. The van der Waals surface area contributed by atoms with Crippen molar-refractivity contribution >= 4 is 23.7 Å². The van der Waals surface area contributed by atoms with Gasteiger partial charge in [0.2, 0.25) is 5.91 Å². The minimum absolute atomic E-state index is 0.0206. The van der Waals surface area contributed by atoms with Crippen molar-refractivity contribution in [3.8, 4) is 0 Å². The molecule has 2 aromatic rings. The minimum atomic E-state index is -0.699. The van der Waals surface area contributed by atoms with Crippen molar-refractivity contribution in [3.63, 3.8) is 0 Å². The standard InChI is InChI=1S/C23H24FN3O2/c1-2-26-13-7-8-16(26)14-25-15-19-17-9-3-4-10-18(17)22(28)27(23(19)29)21-12-6-5-11-20(21)24/h3-6,9-12,15-16,19H,2,7-8,13-14H2,1H3/p+1/t16-,19?/m0/s1. The van der Waals surface area contributed by atoms with Crippen LogP contribution in [0.1, 0.15) is 41.6 Å². The number of carbonyl (C=O) groups excluding carboxylic acids is 2. The molecule has 5 nitrogen and oxygen atoms in total. The summed E-state index contributed by atoms with van der Waals surface area (Å²) in [5.41, 5.74) is 1.02. The van der Waals surface area contributed by atoms with Crippen molar-refractivity contribution in [1.82, 2.24) is 0 Å². The third-order valence-corrected chi connectivity index (χ3v) is 5.97. The molecular formula is C23H25FN3O2+. The topological polar surface area (TPSA) is 54.2 Å². The third-order valence-electron chi connectivity index (χ3n) is 5.97. The van der Waals surface area contributed by atoms with E-state index in [-0.39, 0.29) is 5.69 Å². The van der Waals surface area contributed by atoms with Crippen LogP contribution in [-0.2, 0) is 4.79 Å². The van der Waals surface area contributed by atoms with Gasteiger partial charge in [0.25, 0.3) is 5.91 Å². The summed E-state index contributed by atoms with van der Waals surface area (Å²) in [6, 6.07) is 13.3. The first kappa shape index (κ1) is 19.5. The number of para-hydroxylation sites is 1. The number of benzene rings is 2. The van der Waals surface area contributed by atoms with Gasteiger partial charge in [0, 0.05) is 24.6 Å². The molecule has 2 amide bonds. The molecule has 2 aliphatic heterocycles. The Kier molecular flexibility index (Phi) is 5.53. The number of nitrogens with zero attached hydrogens (tertiary/aromatic N) is 2. The number of carbonyl (C=O) groups is 2. The maximum Gasteiger partial charge on any atom is 0.265 e. The summed E-state index contributed by atoms with van der Waals surface area (Å²) in [7, 11) is 0. The Morgan fingerprint density at radius 1 is 1.17 bits per heavy atom. The molecule has 2 aliphatic rings. The van der Waals surface area contributed by atoms with Crippen molar-refractivity contribution in [2.45, 2.75) is 31.7 Å². The maximum atomic E-state index is 14.4. The Balaban J connectivity index is 1.66. The van der Waals surface area contributed by atoms with Crippen LogP contribution in [0.2, 0.25) is 0 Å². The molecule has 2 heterocycles. The van der Waals surface area contributed by atoms with Gasteiger partial charge in [-0.1, -0.05) is 30.3 Å². The fourth-order valence-corrected chi connectivity index (χ4v) is 4.42. The van der Waals surface area contributed by atoms with E-state index < -0.39 is 23.5 Å². The molecule has 1 N–H and O–H groups in total. The summed E-state index contributed by atoms with van der Waals surface area (Å²) in [6.07, 6.45) is 3.98. The van der Waals surface area contributed by atoms with Gasteiger partial charge in [-0.2, -0.15) is 0 Å². The summed E-state index contributed by atoms with van der Waals surface area (Å²) >= 11 is 0. The van der Waals surface area contributed by atoms with Crippen molar-refractivity contribution < 1.29 is 18.9 Å². The Morgan fingerprint density at radius 3 is 2.72 bits per heavy atom. The first-order valence-electron chi connectivity index (χ1n) is 10.2. The number of imide groups is 1. The van der Waals surface area contributed by atoms with Gasteiger partial charge in [0.1, 0.15) is 11.9 Å². The van der Waals surface area contributed by atoms with Gasteiger partial charge < -0.3 is 4.90 Å². The lowest BCUT2D eigenvalue weighted by Crippen LogP contribution is -3.13. The number of hydrogen-bond donors (Lipinski definition) is 1. The SMILES string of the molecule is CC[NH+]1CCC[C@H]1CN=CC1C(=O)N(c2ccccc2F)C(=O)c2ccccc21. The zero-order valence-electron chi connectivity index (χ0n) is 16.5. The van der Waals surface area contributed by atoms with Crippen molar-refractivity contribution in [1.29, 1.82) is 0 Å². The number of rotatable bonds is 5. The van der Waals surface area contributed by atoms with E-state index in [1.54, 1.807) is 41.4 Å². The molecule has 29 heavy (non-hydrogen) atoms. The molecule has 2 aromatic carbocycles. The van der Waals surface area contributed by atoms with Crippen molar-refractivity contribution in [2.75, 3.05) is 24.5 Å². The Labute approximate surface area is 169 Å². The van der Waals surface area contributed by atoms with Crippen LogP contribution in [0.25, 0.3) is 0 Å². The predicted octanol–water partition coefficient (Wildman–Crippen LogP) is 2.23. The average Bonchev–Trinajstić information content (AvgIpc) is 3.19. The third kappa shape index (κ3) is 3.60. The molecule has 0 radical (unpaired) electrons. The number of nitrogens with one attached hydrogen (secondary N) is 1. The van der Waals surface area contributed by atoms with Gasteiger partial charge in [-0.25, -0.2) is 9.29 Å². The highest BCUT2D eigenvalue weighted by molar-refractivity contribution is 6.29. The van der Waals surface area contributed by atoms with Gasteiger partial charge in [-0.05, 0) is 30.7 Å². The Morgan fingerprint density at radius 2 is 1.93 bits per heavy atom. The zero-order valence-corrected chi connectivity index (χ0v) is 16.5. The molecular weight excluding hydrogens is 369 g/mol. The van der Waals surface area contributed by atoms with E-state index >= 15 is 0 Å². The largest absolute Gasteiger partial charge is 0.331 e. The first-order valence-corrected chi connectivity index (χ1v) is 10.2. The molecule has 0 spiro atoms. The molecule has 4 rings (SSSR count). The fourth-order valence-electron chi connectivity index (χ4n) is 4.42. The summed E-state index contributed by atoms with van der Waals surface area (Å²) in [4.78, 5) is 33.3. The molecule has 0 aromatic heterocycles. The molecule has 1 saturated heterocycles. The van der Waals surface area contributed by atoms with E-state index in [2.05, 4.69) is 11.9 Å². The molecule has 0 bridgehead atoms. The summed E-state index contributed by atoms with van der Waals surface area (Å²) in [6.45, 7) is 5.07. The highest BCUT2D eigenvalue weighted by Gasteiger charge is 2.39. The highest BCUT2D eigenvalue weighted by atomic mass is 19.1. The van der Waals surface area contributed by atoms with E-state index in [1.807, 2.05) is 0 Å². The number of anilines is 1. The second-order valence-corrected chi connectivity index (χ2v) is 7.61. The molecule has 3 atom stereocenters. The lowest BCUT2D eigenvalue weighted by molar-refractivity contribution is -0.908. The molecule has 2 unspecified atom stereocenters. The van der Waals surface area contributed by atoms with Gasteiger partial charge in [0.15, 0.2) is 0 Å². The lowest BCUT2D eigenvalue weighted by Gasteiger charge is -2.31. The van der Waals surface area contributed by atoms with Crippen molar-refractivity contribution in [2.24, 2.45) is 4.99 Å². The number of amides is 2. The van der Waals surface area contributed by atoms with Gasteiger partial charge in [-0.15, -0.1) is 0 Å². The maximum absolute atomic E-state index is 14.4. The summed E-state index contributed by atoms with van der Waals surface area (Å²) in [5, 5.41) is 0. The van der Waals surface area contributed by atoms with Crippen molar-refractivity contribution in [3.05, 3.63) is 65.5 Å². The number of likely N-dealkylation sites (N-methyl/N-ethyl adjacent to an activating group) is 1. The molecule has 150 valence electrons. The van der Waals surface area contributed by atoms with E-state index in [0.29, 0.717) is 23.7 Å². The molecule has 1 fully saturated rings. The number of fused-ring (bicyclic) bond motifs is 1. The number of aliphatic imine (C=N–C) groups is 1. The predicted molar refractivity (Wildman–Crippen MR) is 110 cm³/mol. The smallest absolute Gasteiger partial charge is 0.265 e. The minimum Gasteiger partial charge on any atom is -0.331 e. The highest BCUT2D eigenvalue weighted by Crippen LogP contribution is 2.33. The second-order valence-electron chi connectivity index (χ2n) is 7.61. The number of hydrogen-bond acceptors (Lipinski definition) is 3. The lowest BCUT2D eigenvalue weighted by atomic mass is 9.89. The van der Waals surface area contributed by atoms with Crippen LogP contribution >= 0.6 is 0 Å². The zero-order chi connectivity index (χ0) is 20.4.